The number of rotatable bonds is 20. The Labute approximate surface area is 216 Å². The Bertz CT molecular complexity index is 588. The fourth-order valence-electron chi connectivity index (χ4n) is 4.25. The van der Waals surface area contributed by atoms with Crippen molar-refractivity contribution in [3.05, 3.63) is 12.2 Å². The summed E-state index contributed by atoms with van der Waals surface area (Å²) in [5, 5.41) is 52.7. The van der Waals surface area contributed by atoms with E-state index in [9.17, 15) is 30.3 Å². The number of nitrogens with one attached hydrogen (secondary N) is 1. The zero-order chi connectivity index (χ0) is 26.8. The molecule has 212 valence electrons. The van der Waals surface area contributed by atoms with Gasteiger partial charge in [0.1, 0.15) is 24.4 Å². The smallest absolute Gasteiger partial charge is 0.220 e. The van der Waals surface area contributed by atoms with Gasteiger partial charge in [-0.3, -0.25) is 4.79 Å². The number of amides is 1. The van der Waals surface area contributed by atoms with Gasteiger partial charge in [0.15, 0.2) is 6.29 Å². The predicted molar refractivity (Wildman–Crippen MR) is 138 cm³/mol. The van der Waals surface area contributed by atoms with Gasteiger partial charge in [0, 0.05) is 6.42 Å². The molecular weight excluding hydrogens is 466 g/mol. The quantitative estimate of drug-likeness (QED) is 0.106. The Morgan fingerprint density at radius 1 is 0.917 bits per heavy atom. The second-order valence-electron chi connectivity index (χ2n) is 9.84. The van der Waals surface area contributed by atoms with E-state index in [1.807, 2.05) is 13.0 Å². The Morgan fingerprint density at radius 2 is 1.53 bits per heavy atom. The van der Waals surface area contributed by atoms with E-state index in [-0.39, 0.29) is 12.5 Å². The molecule has 1 fully saturated rings. The van der Waals surface area contributed by atoms with Crippen LogP contribution in [0.4, 0.5) is 0 Å². The van der Waals surface area contributed by atoms with Gasteiger partial charge in [-0.1, -0.05) is 83.8 Å². The summed E-state index contributed by atoms with van der Waals surface area (Å²) in [7, 11) is 0. The van der Waals surface area contributed by atoms with Crippen molar-refractivity contribution in [1.29, 1.82) is 0 Å². The van der Waals surface area contributed by atoms with Crippen molar-refractivity contribution in [2.75, 3.05) is 13.2 Å². The summed E-state index contributed by atoms with van der Waals surface area (Å²) in [6.07, 6.45) is 9.88. The first-order valence-electron chi connectivity index (χ1n) is 13.9. The van der Waals surface area contributed by atoms with Gasteiger partial charge in [-0.25, -0.2) is 0 Å². The number of unbranched alkanes of at least 4 members (excludes halogenated alkanes) is 10. The van der Waals surface area contributed by atoms with E-state index in [0.29, 0.717) is 12.8 Å². The lowest BCUT2D eigenvalue weighted by Crippen LogP contribution is -2.60. The highest BCUT2D eigenvalue weighted by molar-refractivity contribution is 5.76. The third kappa shape index (κ3) is 12.9. The molecule has 0 radical (unpaired) electrons. The summed E-state index contributed by atoms with van der Waals surface area (Å²) in [5.41, 5.74) is 0. The molecular formula is C27H51NO8. The van der Waals surface area contributed by atoms with Crippen LogP contribution >= 0.6 is 0 Å². The van der Waals surface area contributed by atoms with Gasteiger partial charge >= 0.3 is 0 Å². The molecule has 1 aliphatic heterocycles. The maximum Gasteiger partial charge on any atom is 0.220 e. The lowest BCUT2D eigenvalue weighted by atomic mass is 9.99. The molecule has 1 saturated heterocycles. The van der Waals surface area contributed by atoms with Crippen molar-refractivity contribution in [2.24, 2.45) is 0 Å². The predicted octanol–water partition coefficient (Wildman–Crippen LogP) is 2.32. The number of hydrogen-bond acceptors (Lipinski definition) is 8. The molecule has 0 saturated carbocycles. The van der Waals surface area contributed by atoms with Crippen LogP contribution in [0.2, 0.25) is 0 Å². The fraction of sp³-hybridized carbons (Fsp3) is 0.889. The van der Waals surface area contributed by atoms with E-state index in [1.54, 1.807) is 6.08 Å². The van der Waals surface area contributed by atoms with Crippen molar-refractivity contribution in [3.63, 3.8) is 0 Å². The van der Waals surface area contributed by atoms with Crippen LogP contribution in [-0.4, -0.2) is 87.5 Å². The topological polar surface area (TPSA) is 149 Å². The van der Waals surface area contributed by atoms with Gasteiger partial charge in [0.05, 0.1) is 25.4 Å². The lowest BCUT2D eigenvalue weighted by Gasteiger charge is -2.40. The minimum atomic E-state index is -1.56. The van der Waals surface area contributed by atoms with E-state index >= 15 is 0 Å². The first kappa shape index (κ1) is 33.0. The molecule has 36 heavy (non-hydrogen) atoms. The van der Waals surface area contributed by atoms with Gasteiger partial charge in [-0.2, -0.15) is 0 Å². The molecule has 9 nitrogen and oxygen atoms in total. The number of aliphatic hydroxyl groups excluding tert-OH is 5. The molecule has 0 bridgehead atoms. The summed E-state index contributed by atoms with van der Waals surface area (Å²) in [6.45, 7) is 3.35. The standard InChI is InChI=1S/C27H51NO8/c1-3-5-6-7-8-9-10-11-12-13-14-15-17-21(30)20(28-23(31)16-4-2)19-35-27-26(34)25(33)24(32)22(18-29)36-27/h15,17,20-22,24-27,29-30,32-34H,3-14,16,18-19H2,1-2H3,(H,28,31)/b17-15+. The second-order valence-corrected chi connectivity index (χ2v) is 9.84. The highest BCUT2D eigenvalue weighted by Crippen LogP contribution is 2.22. The fourth-order valence-corrected chi connectivity index (χ4v) is 4.25. The summed E-state index contributed by atoms with van der Waals surface area (Å²) >= 11 is 0. The number of carbonyl (C=O) groups is 1. The normalized spacial score (nSPS) is 26.2. The summed E-state index contributed by atoms with van der Waals surface area (Å²) < 4.78 is 10.9. The van der Waals surface area contributed by atoms with Crippen LogP contribution in [0.3, 0.4) is 0 Å². The van der Waals surface area contributed by atoms with Crippen molar-refractivity contribution in [3.8, 4) is 0 Å². The molecule has 7 unspecified atom stereocenters. The molecule has 0 aromatic carbocycles. The zero-order valence-corrected chi connectivity index (χ0v) is 22.3. The van der Waals surface area contributed by atoms with Gasteiger partial charge in [-0.15, -0.1) is 0 Å². The Balaban J connectivity index is 2.45. The molecule has 0 spiro atoms. The molecule has 1 rings (SSSR count). The van der Waals surface area contributed by atoms with Crippen molar-refractivity contribution >= 4 is 5.91 Å². The monoisotopic (exact) mass is 517 g/mol. The lowest BCUT2D eigenvalue weighted by molar-refractivity contribution is -0.302. The van der Waals surface area contributed by atoms with Crippen LogP contribution in [-0.2, 0) is 14.3 Å². The van der Waals surface area contributed by atoms with Crippen LogP contribution in [0.15, 0.2) is 12.2 Å². The molecule has 0 aromatic rings. The van der Waals surface area contributed by atoms with Crippen LogP contribution in [0.1, 0.15) is 97.3 Å². The van der Waals surface area contributed by atoms with E-state index < -0.39 is 49.5 Å². The van der Waals surface area contributed by atoms with Crippen molar-refractivity contribution < 1.29 is 39.8 Å². The van der Waals surface area contributed by atoms with Crippen molar-refractivity contribution in [2.45, 2.75) is 140 Å². The summed E-state index contributed by atoms with van der Waals surface area (Å²) in [4.78, 5) is 12.2. The zero-order valence-electron chi connectivity index (χ0n) is 22.3. The molecule has 6 N–H and O–H groups in total. The second kappa shape index (κ2) is 20.0. The number of carbonyl (C=O) groups excluding carboxylic acids is 1. The maximum absolute atomic E-state index is 12.2. The molecule has 1 heterocycles. The third-order valence-electron chi connectivity index (χ3n) is 6.58. The highest BCUT2D eigenvalue weighted by Gasteiger charge is 2.44. The average molecular weight is 518 g/mol. The van der Waals surface area contributed by atoms with E-state index in [1.165, 1.54) is 51.4 Å². The first-order chi connectivity index (χ1) is 17.3. The van der Waals surface area contributed by atoms with Crippen molar-refractivity contribution in [1.82, 2.24) is 5.32 Å². The Kier molecular flexibility index (Phi) is 18.3. The Morgan fingerprint density at radius 3 is 2.11 bits per heavy atom. The maximum atomic E-state index is 12.2. The molecule has 0 aliphatic carbocycles. The van der Waals surface area contributed by atoms with Crippen LogP contribution in [0, 0.1) is 0 Å². The number of aliphatic hydroxyl groups is 5. The van der Waals surface area contributed by atoms with E-state index in [0.717, 1.165) is 19.3 Å². The number of allylic oxidation sites excluding steroid dienone is 1. The molecule has 1 aliphatic rings. The minimum absolute atomic E-state index is 0.193. The van der Waals surface area contributed by atoms with Crippen LogP contribution < -0.4 is 5.32 Å². The number of hydrogen-bond donors (Lipinski definition) is 6. The molecule has 7 atom stereocenters. The molecule has 0 aromatic heterocycles. The van der Waals surface area contributed by atoms with Gasteiger partial charge in [0.2, 0.25) is 5.91 Å². The summed E-state index contributed by atoms with van der Waals surface area (Å²) in [6, 6.07) is -0.791. The minimum Gasteiger partial charge on any atom is -0.394 e. The third-order valence-corrected chi connectivity index (χ3v) is 6.58. The summed E-state index contributed by atoms with van der Waals surface area (Å²) in [5.74, 6) is -0.234. The molecule has 1 amide bonds. The SMILES string of the molecule is CCCCCCCCCCCC/C=C/C(O)C(COC1OC(CO)C(O)C(O)C1O)NC(=O)CCC. The van der Waals surface area contributed by atoms with Gasteiger partial charge in [-0.05, 0) is 19.3 Å². The van der Waals surface area contributed by atoms with E-state index in [4.69, 9.17) is 9.47 Å². The molecule has 9 heteroatoms. The number of ether oxygens (including phenoxy) is 2. The van der Waals surface area contributed by atoms with Gasteiger partial charge in [0.25, 0.3) is 0 Å². The largest absolute Gasteiger partial charge is 0.394 e. The average Bonchev–Trinajstić information content (AvgIpc) is 2.86. The Hall–Kier alpha value is -1.07. The highest BCUT2D eigenvalue weighted by atomic mass is 16.7. The van der Waals surface area contributed by atoms with E-state index in [2.05, 4.69) is 12.2 Å². The van der Waals surface area contributed by atoms with Crippen LogP contribution in [0.25, 0.3) is 0 Å². The van der Waals surface area contributed by atoms with Crippen LogP contribution in [0.5, 0.6) is 0 Å². The van der Waals surface area contributed by atoms with Gasteiger partial charge < -0.3 is 40.3 Å². The first-order valence-corrected chi connectivity index (χ1v) is 13.9.